The van der Waals surface area contributed by atoms with Gasteiger partial charge in [-0.1, -0.05) is 0 Å². The number of esters is 1. The Morgan fingerprint density at radius 2 is 1.91 bits per heavy atom. The maximum atomic E-state index is 11.8. The van der Waals surface area contributed by atoms with Crippen molar-refractivity contribution in [3.8, 4) is 11.8 Å². The molecule has 0 aliphatic rings. The molecule has 2 N–H and O–H groups in total. The Morgan fingerprint density at radius 3 is 2.52 bits per heavy atom. The summed E-state index contributed by atoms with van der Waals surface area (Å²) in [5.41, 5.74) is 5.84. The van der Waals surface area contributed by atoms with Gasteiger partial charge in [0.1, 0.15) is 0 Å². The maximum absolute atomic E-state index is 11.8. The first-order valence-corrected chi connectivity index (χ1v) is 6.66. The van der Waals surface area contributed by atoms with E-state index in [1.54, 1.807) is 19.9 Å². The number of ether oxygens (including phenoxy) is 2. The molecule has 2 heterocycles. The van der Waals surface area contributed by atoms with Gasteiger partial charge in [-0.05, 0) is 19.9 Å². The van der Waals surface area contributed by atoms with Crippen LogP contribution in [0.25, 0.3) is 0 Å². The van der Waals surface area contributed by atoms with Gasteiger partial charge in [-0.2, -0.15) is 4.98 Å². The number of carbonyl (C=O) groups is 1. The Labute approximate surface area is 131 Å². The minimum atomic E-state index is -0.897. The number of nitrogen functional groups attached to an aromatic ring is 1. The summed E-state index contributed by atoms with van der Waals surface area (Å²) in [4.78, 5) is 30.0. The SMILES string of the molecule is CCOC(=O)c1nc(Oc2ccc(N)c(C)n2)ccc1[N+](=O)[O-]. The number of hydrogen-bond donors (Lipinski definition) is 1. The van der Waals surface area contributed by atoms with Gasteiger partial charge in [0.2, 0.25) is 17.5 Å². The lowest BCUT2D eigenvalue weighted by Crippen LogP contribution is -2.11. The molecule has 0 amide bonds. The fraction of sp³-hybridized carbons (Fsp3) is 0.214. The second-order valence-corrected chi connectivity index (χ2v) is 4.42. The van der Waals surface area contributed by atoms with Crippen LogP contribution in [-0.2, 0) is 4.74 Å². The van der Waals surface area contributed by atoms with E-state index < -0.39 is 22.3 Å². The van der Waals surface area contributed by atoms with Crippen molar-refractivity contribution in [2.45, 2.75) is 13.8 Å². The molecule has 120 valence electrons. The van der Waals surface area contributed by atoms with E-state index in [1.807, 2.05) is 0 Å². The summed E-state index contributed by atoms with van der Waals surface area (Å²) in [6.45, 7) is 3.36. The van der Waals surface area contributed by atoms with E-state index in [1.165, 1.54) is 12.1 Å². The lowest BCUT2D eigenvalue weighted by Gasteiger charge is -2.07. The number of nitrogens with zero attached hydrogens (tertiary/aromatic N) is 3. The number of nitrogens with two attached hydrogens (primary N) is 1. The summed E-state index contributed by atoms with van der Waals surface area (Å²) in [5.74, 6) is -0.714. The van der Waals surface area contributed by atoms with Crippen molar-refractivity contribution >= 4 is 17.3 Å². The summed E-state index contributed by atoms with van der Waals surface area (Å²) in [6.07, 6.45) is 0. The molecule has 0 atom stereocenters. The van der Waals surface area contributed by atoms with Crippen molar-refractivity contribution in [1.82, 2.24) is 9.97 Å². The molecule has 0 spiro atoms. The van der Waals surface area contributed by atoms with Gasteiger partial charge >= 0.3 is 11.7 Å². The van der Waals surface area contributed by atoms with Crippen LogP contribution in [0.1, 0.15) is 23.1 Å². The largest absolute Gasteiger partial charge is 0.461 e. The predicted molar refractivity (Wildman–Crippen MR) is 80.3 cm³/mol. The van der Waals surface area contributed by atoms with Gasteiger partial charge in [-0.25, -0.2) is 9.78 Å². The Hall–Kier alpha value is -3.23. The molecule has 0 radical (unpaired) electrons. The molecular weight excluding hydrogens is 304 g/mol. The van der Waals surface area contributed by atoms with E-state index in [-0.39, 0.29) is 18.4 Å². The van der Waals surface area contributed by atoms with Crippen LogP contribution in [0.15, 0.2) is 24.3 Å². The predicted octanol–water partition coefficient (Wildman–Crippen LogP) is 2.24. The summed E-state index contributed by atoms with van der Waals surface area (Å²) >= 11 is 0. The number of aryl methyl sites for hydroxylation is 1. The number of nitro groups is 1. The van der Waals surface area contributed by atoms with E-state index in [9.17, 15) is 14.9 Å². The Balaban J connectivity index is 2.36. The zero-order valence-corrected chi connectivity index (χ0v) is 12.5. The second-order valence-electron chi connectivity index (χ2n) is 4.42. The first kappa shape index (κ1) is 16.1. The third-order valence-electron chi connectivity index (χ3n) is 2.82. The average Bonchev–Trinajstić information content (AvgIpc) is 2.51. The number of anilines is 1. The van der Waals surface area contributed by atoms with Crippen LogP contribution in [-0.4, -0.2) is 27.5 Å². The minimum absolute atomic E-state index is 0.0182. The summed E-state index contributed by atoms with van der Waals surface area (Å²) in [5, 5.41) is 11.0. The highest BCUT2D eigenvalue weighted by Crippen LogP contribution is 2.25. The van der Waals surface area contributed by atoms with Crippen molar-refractivity contribution in [2.24, 2.45) is 0 Å². The molecule has 0 bridgehead atoms. The topological polar surface area (TPSA) is 130 Å². The molecule has 9 heteroatoms. The lowest BCUT2D eigenvalue weighted by molar-refractivity contribution is -0.385. The molecular formula is C14H14N4O5. The molecule has 0 aromatic carbocycles. The molecule has 2 aromatic heterocycles. The molecule has 0 fully saturated rings. The van der Waals surface area contributed by atoms with Crippen molar-refractivity contribution in [2.75, 3.05) is 12.3 Å². The first-order valence-electron chi connectivity index (χ1n) is 6.66. The van der Waals surface area contributed by atoms with Crippen LogP contribution in [0.5, 0.6) is 11.8 Å². The van der Waals surface area contributed by atoms with Gasteiger partial charge in [0.15, 0.2) is 0 Å². The Kier molecular flexibility index (Phi) is 4.69. The van der Waals surface area contributed by atoms with Crippen LogP contribution in [0.3, 0.4) is 0 Å². The highest BCUT2D eigenvalue weighted by Gasteiger charge is 2.24. The average molecular weight is 318 g/mol. The van der Waals surface area contributed by atoms with Gasteiger partial charge in [-0.3, -0.25) is 10.1 Å². The first-order chi connectivity index (χ1) is 10.9. The van der Waals surface area contributed by atoms with Gasteiger partial charge in [0.05, 0.1) is 22.9 Å². The van der Waals surface area contributed by atoms with Gasteiger partial charge in [0, 0.05) is 18.2 Å². The number of rotatable bonds is 5. The molecule has 23 heavy (non-hydrogen) atoms. The summed E-state index contributed by atoms with van der Waals surface area (Å²) < 4.78 is 10.2. The fourth-order valence-electron chi connectivity index (χ4n) is 1.70. The molecule has 0 aliphatic heterocycles. The van der Waals surface area contributed by atoms with E-state index in [0.717, 1.165) is 6.07 Å². The molecule has 0 saturated carbocycles. The quantitative estimate of drug-likeness (QED) is 0.504. The number of pyridine rings is 2. The Bertz CT molecular complexity index is 763. The van der Waals surface area contributed by atoms with E-state index >= 15 is 0 Å². The summed E-state index contributed by atoms with van der Waals surface area (Å²) in [7, 11) is 0. The zero-order valence-electron chi connectivity index (χ0n) is 12.5. The summed E-state index contributed by atoms with van der Waals surface area (Å²) in [6, 6.07) is 5.53. The lowest BCUT2D eigenvalue weighted by atomic mass is 10.3. The van der Waals surface area contributed by atoms with Crippen LogP contribution in [0, 0.1) is 17.0 Å². The standard InChI is InChI=1S/C14H14N4O5/c1-3-22-14(19)13-10(18(20)21)5-7-12(17-13)23-11-6-4-9(15)8(2)16-11/h4-7H,3,15H2,1-2H3. The second kappa shape index (κ2) is 6.69. The maximum Gasteiger partial charge on any atom is 0.364 e. The number of aromatic nitrogens is 2. The van der Waals surface area contributed by atoms with Crippen LogP contribution >= 0.6 is 0 Å². The van der Waals surface area contributed by atoms with Crippen molar-refractivity contribution in [1.29, 1.82) is 0 Å². The third-order valence-corrected chi connectivity index (χ3v) is 2.82. The highest BCUT2D eigenvalue weighted by molar-refractivity contribution is 5.91. The monoisotopic (exact) mass is 318 g/mol. The third kappa shape index (κ3) is 3.70. The fourth-order valence-corrected chi connectivity index (χ4v) is 1.70. The van der Waals surface area contributed by atoms with E-state index in [2.05, 4.69) is 9.97 Å². The van der Waals surface area contributed by atoms with Gasteiger partial charge < -0.3 is 15.2 Å². The minimum Gasteiger partial charge on any atom is -0.461 e. The van der Waals surface area contributed by atoms with Crippen molar-refractivity contribution in [3.63, 3.8) is 0 Å². The molecule has 2 aromatic rings. The van der Waals surface area contributed by atoms with E-state index in [4.69, 9.17) is 15.2 Å². The molecule has 0 unspecified atom stereocenters. The van der Waals surface area contributed by atoms with Gasteiger partial charge in [-0.15, -0.1) is 0 Å². The number of hydrogen-bond acceptors (Lipinski definition) is 8. The molecule has 2 rings (SSSR count). The highest BCUT2D eigenvalue weighted by atomic mass is 16.6. The van der Waals surface area contributed by atoms with Crippen LogP contribution in [0.2, 0.25) is 0 Å². The molecule has 0 aliphatic carbocycles. The van der Waals surface area contributed by atoms with Crippen LogP contribution < -0.4 is 10.5 Å². The zero-order chi connectivity index (χ0) is 17.0. The number of carbonyl (C=O) groups excluding carboxylic acids is 1. The smallest absolute Gasteiger partial charge is 0.364 e. The normalized spacial score (nSPS) is 10.2. The Morgan fingerprint density at radius 1 is 1.26 bits per heavy atom. The molecule has 9 nitrogen and oxygen atoms in total. The van der Waals surface area contributed by atoms with Crippen molar-refractivity contribution < 1.29 is 19.2 Å². The molecule has 0 saturated heterocycles. The van der Waals surface area contributed by atoms with E-state index in [0.29, 0.717) is 11.4 Å². The van der Waals surface area contributed by atoms with Crippen LogP contribution in [0.4, 0.5) is 11.4 Å². The van der Waals surface area contributed by atoms with Crippen molar-refractivity contribution in [3.05, 3.63) is 45.8 Å². The van der Waals surface area contributed by atoms with Gasteiger partial charge in [0.25, 0.3) is 0 Å².